The zero-order valence-electron chi connectivity index (χ0n) is 15.8. The number of piperazine rings is 1. The second kappa shape index (κ2) is 9.05. The number of hydrogen-bond acceptors (Lipinski definition) is 6. The van der Waals surface area contributed by atoms with E-state index < -0.39 is 11.9 Å². The molecule has 0 spiro atoms. The van der Waals surface area contributed by atoms with Crippen LogP contribution in [-0.4, -0.2) is 63.3 Å². The van der Waals surface area contributed by atoms with Crippen LogP contribution in [0.2, 0.25) is 0 Å². The summed E-state index contributed by atoms with van der Waals surface area (Å²) in [7, 11) is 1.72. The predicted molar refractivity (Wildman–Crippen MR) is 112 cm³/mol. The summed E-state index contributed by atoms with van der Waals surface area (Å²) in [6.45, 7) is 5.40. The van der Waals surface area contributed by atoms with Gasteiger partial charge in [-0.3, -0.25) is 15.0 Å². The van der Waals surface area contributed by atoms with Crippen LogP contribution in [-0.2, 0) is 4.74 Å². The molecule has 0 bridgehead atoms. The number of urea groups is 1. The number of thiophene rings is 1. The van der Waals surface area contributed by atoms with Crippen molar-refractivity contribution in [3.8, 4) is 10.4 Å². The van der Waals surface area contributed by atoms with Crippen LogP contribution in [0, 0.1) is 0 Å². The third-order valence-corrected chi connectivity index (χ3v) is 5.81. The second-order valence-corrected chi connectivity index (χ2v) is 7.60. The third kappa shape index (κ3) is 4.61. The molecule has 2 heterocycles. The Morgan fingerprint density at radius 1 is 1.18 bits per heavy atom. The number of methoxy groups -OCH3 is 1. The Balaban J connectivity index is 1.85. The highest BCUT2D eigenvalue weighted by Gasteiger charge is 2.22. The fraction of sp³-hybridized carbons (Fsp3) is 0.368. The summed E-state index contributed by atoms with van der Waals surface area (Å²) in [4.78, 5) is 28.6. The summed E-state index contributed by atoms with van der Waals surface area (Å²) in [5.41, 5.74) is 13.0. The number of rotatable bonds is 7. The molecule has 1 aromatic heterocycles. The highest BCUT2D eigenvalue weighted by atomic mass is 32.1. The quantitative estimate of drug-likeness (QED) is 0.652. The van der Waals surface area contributed by atoms with E-state index in [-0.39, 0.29) is 5.56 Å². The van der Waals surface area contributed by atoms with E-state index in [9.17, 15) is 9.59 Å². The molecule has 1 saturated heterocycles. The standard InChI is InChI=1S/C19H25N5O3S/c1-27-11-10-23-6-8-24(9-7-23)15-5-3-2-4-13(15)16-12-14(17(20)25)18(28-16)22-19(21)26/h2-5,12H,6-11H2,1H3,(H2,20,25)(H3,21,22,26). The van der Waals surface area contributed by atoms with Crippen LogP contribution in [0.25, 0.3) is 10.4 Å². The molecule has 0 atom stereocenters. The largest absolute Gasteiger partial charge is 0.383 e. The van der Waals surface area contributed by atoms with Crippen LogP contribution < -0.4 is 21.7 Å². The summed E-state index contributed by atoms with van der Waals surface area (Å²) in [5.74, 6) is -0.601. The van der Waals surface area contributed by atoms with Crippen LogP contribution in [0.1, 0.15) is 10.4 Å². The van der Waals surface area contributed by atoms with Gasteiger partial charge in [0, 0.05) is 56.0 Å². The minimum atomic E-state index is -0.726. The second-order valence-electron chi connectivity index (χ2n) is 6.55. The maximum atomic E-state index is 11.8. The predicted octanol–water partition coefficient (Wildman–Crippen LogP) is 1.77. The maximum absolute atomic E-state index is 11.8. The minimum Gasteiger partial charge on any atom is -0.383 e. The number of primary amides is 2. The zero-order valence-corrected chi connectivity index (χ0v) is 16.6. The number of hydrogen-bond donors (Lipinski definition) is 3. The monoisotopic (exact) mass is 403 g/mol. The molecule has 3 rings (SSSR count). The average molecular weight is 404 g/mol. The summed E-state index contributed by atoms with van der Waals surface area (Å²) >= 11 is 1.29. The van der Waals surface area contributed by atoms with E-state index in [0.717, 1.165) is 55.5 Å². The van der Waals surface area contributed by atoms with Crippen molar-refractivity contribution in [1.82, 2.24) is 4.90 Å². The number of benzene rings is 1. The van der Waals surface area contributed by atoms with E-state index in [2.05, 4.69) is 21.2 Å². The van der Waals surface area contributed by atoms with Crippen molar-refractivity contribution >= 4 is 34.0 Å². The van der Waals surface area contributed by atoms with Crippen molar-refractivity contribution < 1.29 is 14.3 Å². The molecule has 28 heavy (non-hydrogen) atoms. The number of nitrogens with zero attached hydrogens (tertiary/aromatic N) is 2. The van der Waals surface area contributed by atoms with Gasteiger partial charge in [-0.15, -0.1) is 11.3 Å². The van der Waals surface area contributed by atoms with Crippen molar-refractivity contribution in [3.05, 3.63) is 35.9 Å². The van der Waals surface area contributed by atoms with Gasteiger partial charge >= 0.3 is 6.03 Å². The molecule has 0 aliphatic carbocycles. The molecule has 150 valence electrons. The Hall–Kier alpha value is -2.62. The summed E-state index contributed by atoms with van der Waals surface area (Å²) in [6, 6.07) is 9.03. The number of amides is 3. The highest BCUT2D eigenvalue weighted by molar-refractivity contribution is 7.20. The van der Waals surface area contributed by atoms with Gasteiger partial charge in [0.15, 0.2) is 0 Å². The number of ether oxygens (including phenoxy) is 1. The number of nitrogens with two attached hydrogens (primary N) is 2. The Morgan fingerprint density at radius 2 is 1.89 bits per heavy atom. The lowest BCUT2D eigenvalue weighted by Gasteiger charge is -2.36. The first-order valence-corrected chi connectivity index (χ1v) is 9.87. The van der Waals surface area contributed by atoms with Crippen LogP contribution in [0.15, 0.2) is 30.3 Å². The average Bonchev–Trinajstić information content (AvgIpc) is 3.10. The van der Waals surface area contributed by atoms with Gasteiger partial charge in [-0.2, -0.15) is 0 Å². The smallest absolute Gasteiger partial charge is 0.317 e. The molecule has 3 amide bonds. The molecule has 9 heteroatoms. The molecule has 0 saturated carbocycles. The Morgan fingerprint density at radius 3 is 2.54 bits per heavy atom. The van der Waals surface area contributed by atoms with Crippen LogP contribution in [0.4, 0.5) is 15.5 Å². The summed E-state index contributed by atoms with van der Waals surface area (Å²) in [6.07, 6.45) is 0. The number of carbonyl (C=O) groups is 2. The molecule has 1 aliphatic rings. The Labute approximate surface area is 168 Å². The zero-order chi connectivity index (χ0) is 20.1. The lowest BCUT2D eigenvalue weighted by atomic mass is 10.1. The van der Waals surface area contributed by atoms with Crippen molar-refractivity contribution in [2.24, 2.45) is 11.5 Å². The first-order valence-electron chi connectivity index (χ1n) is 9.05. The lowest BCUT2D eigenvalue weighted by molar-refractivity contribution is 0.100. The van der Waals surface area contributed by atoms with Gasteiger partial charge in [-0.1, -0.05) is 18.2 Å². The first kappa shape index (κ1) is 20.1. The first-order chi connectivity index (χ1) is 13.5. The highest BCUT2D eigenvalue weighted by Crippen LogP contribution is 2.40. The number of para-hydroxylation sites is 1. The van der Waals surface area contributed by atoms with Gasteiger partial charge in [0.05, 0.1) is 12.2 Å². The van der Waals surface area contributed by atoms with Crippen molar-refractivity contribution in [2.75, 3.05) is 56.7 Å². The Bertz CT molecular complexity index is 846. The molecule has 1 aliphatic heterocycles. The lowest BCUT2D eigenvalue weighted by Crippen LogP contribution is -2.47. The normalized spacial score (nSPS) is 14.8. The van der Waals surface area contributed by atoms with Crippen LogP contribution in [0.5, 0.6) is 0 Å². The van der Waals surface area contributed by atoms with Gasteiger partial charge < -0.3 is 21.1 Å². The molecule has 0 unspecified atom stereocenters. The van der Waals surface area contributed by atoms with Crippen molar-refractivity contribution in [3.63, 3.8) is 0 Å². The molecule has 2 aromatic rings. The van der Waals surface area contributed by atoms with E-state index in [0.29, 0.717) is 5.00 Å². The van der Waals surface area contributed by atoms with Gasteiger partial charge in [0.25, 0.3) is 5.91 Å². The molecule has 8 nitrogen and oxygen atoms in total. The number of anilines is 2. The van der Waals surface area contributed by atoms with Gasteiger partial charge in [0.2, 0.25) is 0 Å². The van der Waals surface area contributed by atoms with E-state index in [1.807, 2.05) is 18.2 Å². The topological polar surface area (TPSA) is 114 Å². The fourth-order valence-electron chi connectivity index (χ4n) is 3.30. The van der Waals surface area contributed by atoms with Crippen molar-refractivity contribution in [2.45, 2.75) is 0 Å². The molecule has 1 fully saturated rings. The van der Waals surface area contributed by atoms with Crippen LogP contribution in [0.3, 0.4) is 0 Å². The van der Waals surface area contributed by atoms with E-state index in [1.165, 1.54) is 11.3 Å². The molecular weight excluding hydrogens is 378 g/mol. The summed E-state index contributed by atoms with van der Waals surface area (Å²) < 4.78 is 5.16. The van der Waals surface area contributed by atoms with Gasteiger partial charge in [0.1, 0.15) is 5.00 Å². The molecule has 5 N–H and O–H groups in total. The van der Waals surface area contributed by atoms with Gasteiger partial charge in [-0.25, -0.2) is 4.79 Å². The van der Waals surface area contributed by atoms with Crippen molar-refractivity contribution in [1.29, 1.82) is 0 Å². The number of nitrogens with one attached hydrogen (secondary N) is 1. The third-order valence-electron chi connectivity index (χ3n) is 4.73. The van der Waals surface area contributed by atoms with Crippen LogP contribution >= 0.6 is 11.3 Å². The SMILES string of the molecule is COCCN1CCN(c2ccccc2-c2cc(C(N)=O)c(NC(N)=O)s2)CC1. The van der Waals surface area contributed by atoms with E-state index >= 15 is 0 Å². The van der Waals surface area contributed by atoms with E-state index in [1.54, 1.807) is 13.2 Å². The van der Waals surface area contributed by atoms with Gasteiger partial charge in [-0.05, 0) is 12.1 Å². The molecule has 0 radical (unpaired) electrons. The Kier molecular flexibility index (Phi) is 6.50. The molecule has 1 aromatic carbocycles. The minimum absolute atomic E-state index is 0.262. The maximum Gasteiger partial charge on any atom is 0.317 e. The molecular formula is C19H25N5O3S. The van der Waals surface area contributed by atoms with E-state index in [4.69, 9.17) is 16.2 Å². The number of carbonyl (C=O) groups excluding carboxylic acids is 2. The fourth-order valence-corrected chi connectivity index (χ4v) is 4.40. The summed E-state index contributed by atoms with van der Waals surface area (Å²) in [5, 5.41) is 2.86.